The lowest BCUT2D eigenvalue weighted by molar-refractivity contribution is -0.156. The molecule has 4 heteroatoms. The van der Waals surface area contributed by atoms with Gasteiger partial charge in [-0.3, -0.25) is 9.59 Å². The van der Waals surface area contributed by atoms with Crippen LogP contribution in [0.2, 0.25) is 0 Å². The van der Waals surface area contributed by atoms with Crippen LogP contribution in [0.4, 0.5) is 0 Å². The molecular weight excluding hydrogens is 242 g/mol. The standard InChI is InChI=1S/C15H25NO3/c1-2-8-15(14(18)19)9-5-10-16(11-15)13(17)12-6-3-4-7-12/h12H,2-11H2,1H3,(H,18,19)/t15-/m1/s1. The molecular formula is C15H25NO3. The summed E-state index contributed by atoms with van der Waals surface area (Å²) in [6, 6.07) is 0. The predicted octanol–water partition coefficient (Wildman–Crippen LogP) is 2.67. The van der Waals surface area contributed by atoms with E-state index in [2.05, 4.69) is 0 Å². The Bertz CT molecular complexity index is 345. The van der Waals surface area contributed by atoms with Crippen molar-refractivity contribution in [2.75, 3.05) is 13.1 Å². The van der Waals surface area contributed by atoms with Gasteiger partial charge in [-0.05, 0) is 32.1 Å². The Morgan fingerprint density at radius 3 is 2.53 bits per heavy atom. The second-order valence-electron chi connectivity index (χ2n) is 6.18. The lowest BCUT2D eigenvalue weighted by Crippen LogP contribution is -2.51. The monoisotopic (exact) mass is 267 g/mol. The summed E-state index contributed by atoms with van der Waals surface area (Å²) in [4.78, 5) is 25.9. The topological polar surface area (TPSA) is 57.6 Å². The number of piperidine rings is 1. The minimum Gasteiger partial charge on any atom is -0.481 e. The number of carboxylic acid groups (broad SMARTS) is 1. The average molecular weight is 267 g/mol. The third-order valence-electron chi connectivity index (χ3n) is 4.78. The minimum atomic E-state index is -0.724. The maximum atomic E-state index is 12.4. The fourth-order valence-electron chi connectivity index (χ4n) is 3.71. The van der Waals surface area contributed by atoms with Crippen LogP contribution in [-0.4, -0.2) is 35.0 Å². The van der Waals surface area contributed by atoms with Crippen molar-refractivity contribution in [1.29, 1.82) is 0 Å². The van der Waals surface area contributed by atoms with Crippen LogP contribution < -0.4 is 0 Å². The molecule has 0 aromatic carbocycles. The molecule has 4 nitrogen and oxygen atoms in total. The molecule has 0 spiro atoms. The highest BCUT2D eigenvalue weighted by molar-refractivity contribution is 5.81. The maximum Gasteiger partial charge on any atom is 0.311 e. The van der Waals surface area contributed by atoms with Gasteiger partial charge in [-0.25, -0.2) is 0 Å². The zero-order valence-corrected chi connectivity index (χ0v) is 11.9. The van der Waals surface area contributed by atoms with Gasteiger partial charge in [0.1, 0.15) is 0 Å². The highest BCUT2D eigenvalue weighted by atomic mass is 16.4. The van der Waals surface area contributed by atoms with Crippen LogP contribution in [0.1, 0.15) is 58.3 Å². The van der Waals surface area contributed by atoms with Crippen LogP contribution in [-0.2, 0) is 9.59 Å². The van der Waals surface area contributed by atoms with Gasteiger partial charge in [-0.15, -0.1) is 0 Å². The highest BCUT2D eigenvalue weighted by Gasteiger charge is 2.43. The van der Waals surface area contributed by atoms with Gasteiger partial charge < -0.3 is 10.0 Å². The van der Waals surface area contributed by atoms with Crippen LogP contribution in [0.5, 0.6) is 0 Å². The van der Waals surface area contributed by atoms with Gasteiger partial charge >= 0.3 is 5.97 Å². The molecule has 1 aliphatic carbocycles. The number of amides is 1. The van der Waals surface area contributed by atoms with Crippen LogP contribution in [0.3, 0.4) is 0 Å². The molecule has 2 rings (SSSR count). The summed E-state index contributed by atoms with van der Waals surface area (Å²) in [5.41, 5.74) is -0.693. The van der Waals surface area contributed by atoms with Crippen molar-refractivity contribution >= 4 is 11.9 Å². The Balaban J connectivity index is 2.06. The summed E-state index contributed by atoms with van der Waals surface area (Å²) in [7, 11) is 0. The van der Waals surface area contributed by atoms with E-state index in [1.54, 1.807) is 0 Å². The SMILES string of the molecule is CCC[C@@]1(C(=O)O)CCCN(C(=O)C2CCCC2)C1. The van der Waals surface area contributed by atoms with Gasteiger partial charge in [-0.2, -0.15) is 0 Å². The van der Waals surface area contributed by atoms with Crippen molar-refractivity contribution in [1.82, 2.24) is 4.90 Å². The van der Waals surface area contributed by atoms with Crippen molar-refractivity contribution in [2.24, 2.45) is 11.3 Å². The summed E-state index contributed by atoms with van der Waals surface area (Å²) in [5.74, 6) is -0.358. The molecule has 1 heterocycles. The lowest BCUT2D eigenvalue weighted by Gasteiger charge is -2.40. The molecule has 0 radical (unpaired) electrons. The second-order valence-corrected chi connectivity index (χ2v) is 6.18. The number of carbonyl (C=O) groups excluding carboxylic acids is 1. The fourth-order valence-corrected chi connectivity index (χ4v) is 3.71. The number of nitrogens with zero attached hydrogens (tertiary/aromatic N) is 1. The molecule has 1 saturated carbocycles. The number of hydrogen-bond acceptors (Lipinski definition) is 2. The smallest absolute Gasteiger partial charge is 0.311 e. The Morgan fingerprint density at radius 1 is 1.26 bits per heavy atom. The first-order chi connectivity index (χ1) is 9.09. The van der Waals surface area contributed by atoms with Gasteiger partial charge in [0.15, 0.2) is 0 Å². The molecule has 108 valence electrons. The lowest BCUT2D eigenvalue weighted by atomic mass is 9.76. The van der Waals surface area contributed by atoms with Crippen LogP contribution in [0, 0.1) is 11.3 Å². The minimum absolute atomic E-state index is 0.159. The van der Waals surface area contributed by atoms with Gasteiger partial charge in [0.2, 0.25) is 5.91 Å². The molecule has 1 atom stereocenters. The Kier molecular flexibility index (Phi) is 4.48. The van der Waals surface area contributed by atoms with E-state index in [1.165, 1.54) is 0 Å². The van der Waals surface area contributed by atoms with E-state index in [4.69, 9.17) is 0 Å². The molecule has 2 aliphatic rings. The molecule has 0 aromatic rings. The summed E-state index contributed by atoms with van der Waals surface area (Å²) in [6.07, 6.45) is 7.34. The zero-order chi connectivity index (χ0) is 13.9. The number of likely N-dealkylation sites (tertiary alicyclic amines) is 1. The Hall–Kier alpha value is -1.06. The number of aliphatic carboxylic acids is 1. The zero-order valence-electron chi connectivity index (χ0n) is 11.9. The van der Waals surface area contributed by atoms with E-state index in [1.807, 2.05) is 11.8 Å². The number of carboxylic acids is 1. The van der Waals surface area contributed by atoms with E-state index in [-0.39, 0.29) is 11.8 Å². The maximum absolute atomic E-state index is 12.4. The first kappa shape index (κ1) is 14.4. The van der Waals surface area contributed by atoms with Crippen LogP contribution in [0.25, 0.3) is 0 Å². The Morgan fingerprint density at radius 2 is 1.95 bits per heavy atom. The molecule has 1 aliphatic heterocycles. The van der Waals surface area contributed by atoms with Gasteiger partial charge in [0, 0.05) is 19.0 Å². The molecule has 1 amide bonds. The molecule has 2 fully saturated rings. The summed E-state index contributed by atoms with van der Waals surface area (Å²) < 4.78 is 0. The molecule has 0 unspecified atom stereocenters. The third kappa shape index (κ3) is 2.93. The quantitative estimate of drug-likeness (QED) is 0.852. The van der Waals surface area contributed by atoms with Crippen molar-refractivity contribution in [3.8, 4) is 0 Å². The van der Waals surface area contributed by atoms with Crippen LogP contribution in [0.15, 0.2) is 0 Å². The first-order valence-electron chi connectivity index (χ1n) is 7.61. The van der Waals surface area contributed by atoms with Crippen LogP contribution >= 0.6 is 0 Å². The van der Waals surface area contributed by atoms with E-state index < -0.39 is 11.4 Å². The average Bonchev–Trinajstić information content (AvgIpc) is 2.92. The Labute approximate surface area is 115 Å². The van der Waals surface area contributed by atoms with Gasteiger partial charge in [0.25, 0.3) is 0 Å². The van der Waals surface area contributed by atoms with Crippen molar-refractivity contribution in [3.63, 3.8) is 0 Å². The molecule has 19 heavy (non-hydrogen) atoms. The first-order valence-corrected chi connectivity index (χ1v) is 7.61. The predicted molar refractivity (Wildman–Crippen MR) is 72.7 cm³/mol. The number of hydrogen-bond donors (Lipinski definition) is 1. The van der Waals surface area contributed by atoms with Gasteiger partial charge in [-0.1, -0.05) is 26.2 Å². The van der Waals surface area contributed by atoms with E-state index in [0.29, 0.717) is 19.4 Å². The fraction of sp³-hybridized carbons (Fsp3) is 0.867. The molecule has 0 aromatic heterocycles. The summed E-state index contributed by atoms with van der Waals surface area (Å²) >= 11 is 0. The molecule has 1 N–H and O–H groups in total. The largest absolute Gasteiger partial charge is 0.481 e. The normalized spacial score (nSPS) is 28.6. The van der Waals surface area contributed by atoms with E-state index in [9.17, 15) is 14.7 Å². The van der Waals surface area contributed by atoms with Crippen molar-refractivity contribution in [2.45, 2.75) is 58.3 Å². The molecule has 0 bridgehead atoms. The summed E-state index contributed by atoms with van der Waals surface area (Å²) in [5, 5.41) is 9.55. The summed E-state index contributed by atoms with van der Waals surface area (Å²) in [6.45, 7) is 3.18. The number of rotatable bonds is 4. The van der Waals surface area contributed by atoms with Crippen molar-refractivity contribution in [3.05, 3.63) is 0 Å². The van der Waals surface area contributed by atoms with E-state index >= 15 is 0 Å². The van der Waals surface area contributed by atoms with E-state index in [0.717, 1.165) is 45.1 Å². The third-order valence-corrected chi connectivity index (χ3v) is 4.78. The van der Waals surface area contributed by atoms with Gasteiger partial charge in [0.05, 0.1) is 5.41 Å². The second kappa shape index (κ2) is 5.93. The number of carbonyl (C=O) groups is 2. The highest BCUT2D eigenvalue weighted by Crippen LogP contribution is 2.37. The van der Waals surface area contributed by atoms with Crippen molar-refractivity contribution < 1.29 is 14.7 Å². The molecule has 1 saturated heterocycles.